The van der Waals surface area contributed by atoms with Crippen molar-refractivity contribution < 1.29 is 9.72 Å². The van der Waals surface area contributed by atoms with Crippen molar-refractivity contribution >= 4 is 39.8 Å². The van der Waals surface area contributed by atoms with E-state index in [9.17, 15) is 14.9 Å². The molecule has 3 aromatic rings. The molecule has 0 unspecified atom stereocenters. The Bertz CT molecular complexity index is 915. The number of aromatic nitrogens is 2. The van der Waals surface area contributed by atoms with Crippen LogP contribution in [0, 0.1) is 10.1 Å². The highest BCUT2D eigenvalue weighted by Crippen LogP contribution is 2.24. The fraction of sp³-hybridized carbons (Fsp3) is 0.118. The molecule has 0 saturated heterocycles. The first-order valence-corrected chi connectivity index (χ1v) is 9.59. The van der Waals surface area contributed by atoms with Gasteiger partial charge in [0, 0.05) is 17.6 Å². The summed E-state index contributed by atoms with van der Waals surface area (Å²) < 4.78 is 0. The third kappa shape index (κ3) is 4.64. The first-order valence-electron chi connectivity index (χ1n) is 7.62. The highest BCUT2D eigenvalue weighted by Gasteiger charge is 2.20. The Morgan fingerprint density at radius 2 is 1.81 bits per heavy atom. The van der Waals surface area contributed by atoms with Crippen molar-refractivity contribution in [1.82, 2.24) is 10.2 Å². The number of benzene rings is 2. The number of anilines is 1. The molecule has 132 valence electrons. The Morgan fingerprint density at radius 1 is 1.08 bits per heavy atom. The number of nitro benzene ring substituents is 1. The summed E-state index contributed by atoms with van der Waals surface area (Å²) in [4.78, 5) is 22.7. The van der Waals surface area contributed by atoms with Crippen molar-refractivity contribution in [3.63, 3.8) is 0 Å². The summed E-state index contributed by atoms with van der Waals surface area (Å²) in [5.41, 5.74) is 0.979. The molecule has 0 aliphatic rings. The molecule has 26 heavy (non-hydrogen) atoms. The minimum atomic E-state index is -0.583. The molecule has 7 nitrogen and oxygen atoms in total. The van der Waals surface area contributed by atoms with E-state index in [1.54, 1.807) is 17.8 Å². The Kier molecular flexibility index (Phi) is 5.92. The number of hydrogen-bond donors (Lipinski definition) is 1. The SMILES string of the molecule is O=C(Nc1nnc(CSCc2ccccc2)s1)c1ccccc1[N+](=O)[O-]. The zero-order chi connectivity index (χ0) is 18.4. The van der Waals surface area contributed by atoms with Crippen molar-refractivity contribution in [3.8, 4) is 0 Å². The molecule has 0 bridgehead atoms. The molecule has 0 radical (unpaired) electrons. The smallest absolute Gasteiger partial charge is 0.282 e. The maximum absolute atomic E-state index is 12.3. The lowest BCUT2D eigenvalue weighted by Gasteiger charge is -2.02. The molecule has 2 aromatic carbocycles. The second-order valence-electron chi connectivity index (χ2n) is 5.21. The van der Waals surface area contributed by atoms with Gasteiger partial charge in [-0.2, -0.15) is 0 Å². The fourth-order valence-electron chi connectivity index (χ4n) is 2.18. The normalized spacial score (nSPS) is 10.5. The van der Waals surface area contributed by atoms with Crippen LogP contribution in [0.1, 0.15) is 20.9 Å². The lowest BCUT2D eigenvalue weighted by molar-refractivity contribution is -0.385. The van der Waals surface area contributed by atoms with Crippen LogP contribution in [0.2, 0.25) is 0 Å². The van der Waals surface area contributed by atoms with Crippen LogP contribution >= 0.6 is 23.1 Å². The van der Waals surface area contributed by atoms with Gasteiger partial charge < -0.3 is 0 Å². The van der Waals surface area contributed by atoms with Gasteiger partial charge in [0.05, 0.1) is 4.92 Å². The molecule has 0 spiro atoms. The van der Waals surface area contributed by atoms with E-state index < -0.39 is 10.8 Å². The maximum Gasteiger partial charge on any atom is 0.282 e. The molecule has 0 saturated carbocycles. The second-order valence-corrected chi connectivity index (χ2v) is 7.26. The molecular weight excluding hydrogens is 372 g/mol. The lowest BCUT2D eigenvalue weighted by atomic mass is 10.1. The van der Waals surface area contributed by atoms with Gasteiger partial charge in [0.15, 0.2) is 0 Å². The molecule has 0 atom stereocenters. The second kappa shape index (κ2) is 8.54. The quantitative estimate of drug-likeness (QED) is 0.484. The molecule has 0 aliphatic carbocycles. The van der Waals surface area contributed by atoms with E-state index in [0.29, 0.717) is 10.9 Å². The standard InChI is InChI=1S/C17H14N4O3S2/c22-16(13-8-4-5-9-14(13)21(23)24)18-17-20-19-15(26-17)11-25-10-12-6-2-1-3-7-12/h1-9H,10-11H2,(H,18,20,22). The summed E-state index contributed by atoms with van der Waals surface area (Å²) in [7, 11) is 0. The van der Waals surface area contributed by atoms with E-state index in [0.717, 1.165) is 10.8 Å². The fourth-order valence-corrected chi connectivity index (χ4v) is 3.96. The lowest BCUT2D eigenvalue weighted by Crippen LogP contribution is -2.13. The van der Waals surface area contributed by atoms with Crippen molar-refractivity contribution in [2.75, 3.05) is 5.32 Å². The largest absolute Gasteiger partial charge is 0.296 e. The van der Waals surface area contributed by atoms with Crippen LogP contribution in [0.4, 0.5) is 10.8 Å². The highest BCUT2D eigenvalue weighted by atomic mass is 32.2. The zero-order valence-electron chi connectivity index (χ0n) is 13.5. The van der Waals surface area contributed by atoms with Crippen molar-refractivity contribution in [3.05, 3.63) is 80.8 Å². The number of thioether (sulfide) groups is 1. The molecule has 0 fully saturated rings. The third-order valence-electron chi connectivity index (χ3n) is 3.37. The predicted octanol–water partition coefficient (Wildman–Crippen LogP) is 4.13. The van der Waals surface area contributed by atoms with Gasteiger partial charge in [0.25, 0.3) is 11.6 Å². The van der Waals surface area contributed by atoms with Crippen LogP contribution in [-0.4, -0.2) is 21.0 Å². The van der Waals surface area contributed by atoms with Crippen LogP contribution in [0.5, 0.6) is 0 Å². The van der Waals surface area contributed by atoms with Crippen molar-refractivity contribution in [1.29, 1.82) is 0 Å². The number of carbonyl (C=O) groups is 1. The Balaban J connectivity index is 1.58. The van der Waals surface area contributed by atoms with Gasteiger partial charge in [0.1, 0.15) is 10.6 Å². The average Bonchev–Trinajstić information content (AvgIpc) is 3.09. The monoisotopic (exact) mass is 386 g/mol. The van der Waals surface area contributed by atoms with Gasteiger partial charge in [-0.1, -0.05) is 53.8 Å². The number of amides is 1. The molecule has 1 N–H and O–H groups in total. The molecule has 1 heterocycles. The van der Waals surface area contributed by atoms with E-state index >= 15 is 0 Å². The highest BCUT2D eigenvalue weighted by molar-refractivity contribution is 7.97. The van der Waals surface area contributed by atoms with Gasteiger partial charge in [-0.3, -0.25) is 20.2 Å². The third-order valence-corrected chi connectivity index (χ3v) is 5.41. The molecule has 0 aliphatic heterocycles. The maximum atomic E-state index is 12.3. The Hall–Kier alpha value is -2.78. The van der Waals surface area contributed by atoms with Crippen molar-refractivity contribution in [2.24, 2.45) is 0 Å². The topological polar surface area (TPSA) is 98.0 Å². The number of nitro groups is 1. The summed E-state index contributed by atoms with van der Waals surface area (Å²) in [5, 5.41) is 22.7. The first kappa shape index (κ1) is 18.0. The number of nitrogens with one attached hydrogen (secondary N) is 1. The number of rotatable bonds is 7. The van der Waals surface area contributed by atoms with Crippen LogP contribution in [-0.2, 0) is 11.5 Å². The number of nitrogens with zero attached hydrogens (tertiary/aromatic N) is 3. The Morgan fingerprint density at radius 3 is 2.58 bits per heavy atom. The molecule has 9 heteroatoms. The van der Waals surface area contributed by atoms with E-state index in [4.69, 9.17) is 0 Å². The Labute approximate surface area is 157 Å². The summed E-state index contributed by atoms with van der Waals surface area (Å²) >= 11 is 2.96. The number of carbonyl (C=O) groups excluding carboxylic acids is 1. The molecule has 3 rings (SSSR count). The van der Waals surface area contributed by atoms with E-state index in [1.165, 1.54) is 35.1 Å². The average molecular weight is 386 g/mol. The molecule has 1 amide bonds. The van der Waals surface area contributed by atoms with E-state index in [2.05, 4.69) is 27.6 Å². The summed E-state index contributed by atoms with van der Waals surface area (Å²) in [6.45, 7) is 0. The summed E-state index contributed by atoms with van der Waals surface area (Å²) in [6.07, 6.45) is 0. The van der Waals surface area contributed by atoms with E-state index in [-0.39, 0.29) is 11.3 Å². The van der Waals surface area contributed by atoms with Crippen molar-refractivity contribution in [2.45, 2.75) is 11.5 Å². The van der Waals surface area contributed by atoms with E-state index in [1.807, 2.05) is 18.2 Å². The van der Waals surface area contributed by atoms with Crippen LogP contribution in [0.25, 0.3) is 0 Å². The van der Waals surface area contributed by atoms with Gasteiger partial charge in [-0.05, 0) is 11.6 Å². The van der Waals surface area contributed by atoms with Crippen LogP contribution in [0.15, 0.2) is 54.6 Å². The van der Waals surface area contributed by atoms with Gasteiger partial charge >= 0.3 is 0 Å². The van der Waals surface area contributed by atoms with Gasteiger partial charge in [-0.15, -0.1) is 22.0 Å². The minimum Gasteiger partial charge on any atom is -0.296 e. The number of para-hydroxylation sites is 1. The van der Waals surface area contributed by atoms with Gasteiger partial charge in [0.2, 0.25) is 5.13 Å². The van der Waals surface area contributed by atoms with Crippen LogP contribution < -0.4 is 5.32 Å². The minimum absolute atomic E-state index is 0.00676. The summed E-state index contributed by atoms with van der Waals surface area (Å²) in [6, 6.07) is 15.9. The zero-order valence-corrected chi connectivity index (χ0v) is 15.1. The summed E-state index contributed by atoms with van der Waals surface area (Å²) in [5.74, 6) is 0.962. The molecular formula is C17H14N4O3S2. The van der Waals surface area contributed by atoms with Gasteiger partial charge in [-0.25, -0.2) is 0 Å². The predicted molar refractivity (Wildman–Crippen MR) is 102 cm³/mol. The molecule has 1 aromatic heterocycles. The van der Waals surface area contributed by atoms with Crippen LogP contribution in [0.3, 0.4) is 0 Å². The first-order chi connectivity index (χ1) is 12.6. The number of hydrogen-bond acceptors (Lipinski definition) is 7.